The zero-order valence-corrected chi connectivity index (χ0v) is 16.0. The van der Waals surface area contributed by atoms with Crippen molar-refractivity contribution in [3.8, 4) is 0 Å². The zero-order chi connectivity index (χ0) is 18.4. The number of amides is 1. The van der Waals surface area contributed by atoms with Gasteiger partial charge < -0.3 is 33.5 Å². The van der Waals surface area contributed by atoms with Crippen LogP contribution in [0.25, 0.3) is 0 Å². The second kappa shape index (κ2) is 10.4. The number of carboxylic acids is 1. The molecular formula is C16H28ClN6O3-. The summed E-state index contributed by atoms with van der Waals surface area (Å²) in [6.07, 6.45) is 2.67. The number of carboxylic acid groups (broad SMARTS) is 1. The van der Waals surface area contributed by atoms with Crippen molar-refractivity contribution in [2.24, 2.45) is 11.7 Å². The van der Waals surface area contributed by atoms with E-state index in [1.165, 1.54) is 4.68 Å². The molecule has 9 nitrogen and oxygen atoms in total. The van der Waals surface area contributed by atoms with Crippen LogP contribution in [0.1, 0.15) is 50.9 Å². The lowest BCUT2D eigenvalue weighted by atomic mass is 9.98. The smallest absolute Gasteiger partial charge is 0.303 e. The van der Waals surface area contributed by atoms with Crippen LogP contribution in [0.2, 0.25) is 0 Å². The topological polar surface area (TPSA) is 126 Å². The highest BCUT2D eigenvalue weighted by molar-refractivity contribution is 5.81. The Labute approximate surface area is 159 Å². The molecule has 1 fully saturated rings. The Bertz CT molecular complexity index is 590. The molecule has 26 heavy (non-hydrogen) atoms. The van der Waals surface area contributed by atoms with Gasteiger partial charge in [0.25, 0.3) is 0 Å². The summed E-state index contributed by atoms with van der Waals surface area (Å²) in [5.41, 5.74) is 6.82. The highest BCUT2D eigenvalue weighted by atomic mass is 35.5. The van der Waals surface area contributed by atoms with E-state index in [1.807, 2.05) is 6.92 Å². The third-order valence-electron chi connectivity index (χ3n) is 4.79. The van der Waals surface area contributed by atoms with Crippen molar-refractivity contribution in [2.45, 2.75) is 45.2 Å². The van der Waals surface area contributed by atoms with Crippen LogP contribution in [0.5, 0.6) is 0 Å². The van der Waals surface area contributed by atoms with Gasteiger partial charge in [-0.3, -0.25) is 9.59 Å². The van der Waals surface area contributed by atoms with Gasteiger partial charge in [0.1, 0.15) is 6.04 Å². The third-order valence-corrected chi connectivity index (χ3v) is 4.79. The minimum absolute atomic E-state index is 0. The van der Waals surface area contributed by atoms with Crippen molar-refractivity contribution in [3.05, 3.63) is 11.9 Å². The molecule has 0 saturated carbocycles. The van der Waals surface area contributed by atoms with E-state index in [4.69, 9.17) is 10.8 Å². The Balaban J connectivity index is 0.00000338. The van der Waals surface area contributed by atoms with E-state index in [0.29, 0.717) is 18.8 Å². The summed E-state index contributed by atoms with van der Waals surface area (Å²) in [7, 11) is 0. The van der Waals surface area contributed by atoms with E-state index in [9.17, 15) is 9.59 Å². The fourth-order valence-corrected chi connectivity index (χ4v) is 2.87. The average Bonchev–Trinajstić information content (AvgIpc) is 3.10. The Morgan fingerprint density at radius 3 is 2.62 bits per heavy atom. The Morgan fingerprint density at radius 1 is 1.38 bits per heavy atom. The van der Waals surface area contributed by atoms with Crippen molar-refractivity contribution in [3.63, 3.8) is 0 Å². The van der Waals surface area contributed by atoms with Crippen LogP contribution in [0, 0.1) is 5.92 Å². The van der Waals surface area contributed by atoms with Gasteiger partial charge in [-0.25, -0.2) is 4.68 Å². The summed E-state index contributed by atoms with van der Waals surface area (Å²) in [6, 6.07) is -0.923. The first kappa shape index (κ1) is 22.3. The summed E-state index contributed by atoms with van der Waals surface area (Å²) in [5, 5.41) is 20.4. The summed E-state index contributed by atoms with van der Waals surface area (Å²) in [5.74, 6) is -0.808. The molecule has 1 aromatic rings. The number of carbonyl (C=O) groups excluding carboxylic acids is 1. The van der Waals surface area contributed by atoms with Crippen LogP contribution in [-0.2, 0) is 9.59 Å². The van der Waals surface area contributed by atoms with Crippen LogP contribution in [-0.4, -0.2) is 63.1 Å². The number of nitrogens with zero attached hydrogens (tertiary/aromatic N) is 4. The molecule has 3 atom stereocenters. The number of hydrogen-bond donors (Lipinski definition) is 3. The molecule has 1 aliphatic heterocycles. The third kappa shape index (κ3) is 5.65. The molecule has 0 bridgehead atoms. The minimum Gasteiger partial charge on any atom is -1.00 e. The van der Waals surface area contributed by atoms with E-state index >= 15 is 0 Å². The molecule has 1 amide bonds. The highest BCUT2D eigenvalue weighted by Crippen LogP contribution is 2.22. The molecule has 0 spiro atoms. The molecule has 0 radical (unpaired) electrons. The SMILES string of the molecule is CCC(C)C(N)c1cn(C(CCC(=O)O)C(=O)N2CCNCC2)nn1.[Cl-]. The summed E-state index contributed by atoms with van der Waals surface area (Å²) >= 11 is 0. The number of aliphatic carboxylic acids is 1. The molecule has 148 valence electrons. The predicted molar refractivity (Wildman–Crippen MR) is 91.8 cm³/mol. The van der Waals surface area contributed by atoms with Crippen LogP contribution in [0.3, 0.4) is 0 Å². The fourth-order valence-electron chi connectivity index (χ4n) is 2.87. The second-order valence-corrected chi connectivity index (χ2v) is 6.56. The highest BCUT2D eigenvalue weighted by Gasteiger charge is 2.29. The van der Waals surface area contributed by atoms with Gasteiger partial charge >= 0.3 is 5.97 Å². The van der Waals surface area contributed by atoms with Crippen LogP contribution in [0.4, 0.5) is 0 Å². The molecule has 2 rings (SSSR count). The molecule has 2 heterocycles. The summed E-state index contributed by atoms with van der Waals surface area (Å²) in [6.45, 7) is 6.78. The molecule has 1 aliphatic rings. The molecule has 4 N–H and O–H groups in total. The van der Waals surface area contributed by atoms with Crippen LogP contribution < -0.4 is 23.5 Å². The van der Waals surface area contributed by atoms with Gasteiger partial charge in [0.2, 0.25) is 5.91 Å². The van der Waals surface area contributed by atoms with Crippen molar-refractivity contribution in [1.82, 2.24) is 25.2 Å². The molecule has 0 aliphatic carbocycles. The normalized spacial score (nSPS) is 17.9. The summed E-state index contributed by atoms with van der Waals surface area (Å²) in [4.78, 5) is 25.6. The van der Waals surface area contributed by atoms with Gasteiger partial charge in [-0.15, -0.1) is 5.10 Å². The van der Waals surface area contributed by atoms with Gasteiger partial charge in [0, 0.05) is 32.6 Å². The van der Waals surface area contributed by atoms with Gasteiger partial charge in [0.15, 0.2) is 0 Å². The number of aromatic nitrogens is 3. The minimum atomic E-state index is -0.935. The van der Waals surface area contributed by atoms with Gasteiger partial charge in [-0.2, -0.15) is 0 Å². The fraction of sp³-hybridized carbons (Fsp3) is 0.750. The number of rotatable bonds is 8. The van der Waals surface area contributed by atoms with Crippen molar-refractivity contribution < 1.29 is 27.1 Å². The van der Waals surface area contributed by atoms with Crippen molar-refractivity contribution in [1.29, 1.82) is 0 Å². The molecule has 0 aromatic carbocycles. The molecule has 3 unspecified atom stereocenters. The molecule has 10 heteroatoms. The van der Waals surface area contributed by atoms with E-state index < -0.39 is 12.0 Å². The second-order valence-electron chi connectivity index (χ2n) is 6.56. The maximum Gasteiger partial charge on any atom is 0.303 e. The van der Waals surface area contributed by atoms with Crippen LogP contribution >= 0.6 is 0 Å². The monoisotopic (exact) mass is 387 g/mol. The number of hydrogen-bond acceptors (Lipinski definition) is 6. The average molecular weight is 388 g/mol. The number of nitrogens with two attached hydrogens (primary N) is 1. The standard InChI is InChI=1S/C16H28N6O3.ClH/c1-3-11(2)15(17)12-10-22(20-19-12)13(4-5-14(23)24)16(25)21-8-6-18-7-9-21;/h10-11,13,15,18H,3-9,17H2,1-2H3,(H,23,24);1H/p-1. The number of piperazine rings is 1. The quantitative estimate of drug-likeness (QED) is 0.438. The van der Waals surface area contributed by atoms with Gasteiger partial charge in [-0.05, 0) is 12.3 Å². The van der Waals surface area contributed by atoms with Crippen molar-refractivity contribution >= 4 is 11.9 Å². The lowest BCUT2D eigenvalue weighted by Crippen LogP contribution is -3.00. The summed E-state index contributed by atoms with van der Waals surface area (Å²) < 4.78 is 1.48. The van der Waals surface area contributed by atoms with Gasteiger partial charge in [0.05, 0.1) is 17.9 Å². The van der Waals surface area contributed by atoms with Crippen molar-refractivity contribution in [2.75, 3.05) is 26.2 Å². The van der Waals surface area contributed by atoms with Gasteiger partial charge in [-0.1, -0.05) is 25.5 Å². The number of halogens is 1. The Hall–Kier alpha value is -1.71. The Morgan fingerprint density at radius 2 is 2.04 bits per heavy atom. The molecular weight excluding hydrogens is 360 g/mol. The van der Waals surface area contributed by atoms with E-state index in [2.05, 4.69) is 22.6 Å². The number of nitrogens with one attached hydrogen (secondary N) is 1. The van der Waals surface area contributed by atoms with E-state index in [-0.39, 0.29) is 43.1 Å². The Kier molecular flexibility index (Phi) is 8.97. The first-order valence-corrected chi connectivity index (χ1v) is 8.82. The van der Waals surface area contributed by atoms with E-state index in [0.717, 1.165) is 19.5 Å². The van der Waals surface area contributed by atoms with Crippen LogP contribution in [0.15, 0.2) is 6.20 Å². The first-order chi connectivity index (χ1) is 11.9. The van der Waals surface area contributed by atoms with E-state index in [1.54, 1.807) is 11.1 Å². The maximum absolute atomic E-state index is 12.9. The lowest BCUT2D eigenvalue weighted by Gasteiger charge is -2.30. The largest absolute Gasteiger partial charge is 1.00 e. The first-order valence-electron chi connectivity index (χ1n) is 8.82. The lowest BCUT2D eigenvalue weighted by molar-refractivity contribution is -0.139. The predicted octanol–water partition coefficient (Wildman–Crippen LogP) is -2.83. The molecule has 1 saturated heterocycles. The maximum atomic E-state index is 12.9. The molecule has 1 aromatic heterocycles. The number of carbonyl (C=O) groups is 2. The zero-order valence-electron chi connectivity index (χ0n) is 15.3.